The number of alkyl halides is 3. The number of carbonyl (C=O) groups is 2. The molecule has 3 nitrogen and oxygen atoms in total. The Morgan fingerprint density at radius 3 is 1.75 bits per heavy atom. The highest BCUT2D eigenvalue weighted by Gasteiger charge is 2.43. The van der Waals surface area contributed by atoms with Crippen LogP contribution in [0.5, 0.6) is 0 Å². The molecule has 0 saturated carbocycles. The van der Waals surface area contributed by atoms with Crippen molar-refractivity contribution in [3.8, 4) is 0 Å². The van der Waals surface area contributed by atoms with Crippen LogP contribution in [0.2, 0.25) is 0 Å². The fourth-order valence-corrected chi connectivity index (χ4v) is 1.54. The number of carbonyl (C=O) groups excluding carboxylic acids is 2. The van der Waals surface area contributed by atoms with E-state index in [1.165, 1.54) is 24.3 Å². The van der Waals surface area contributed by atoms with Crippen LogP contribution in [0.1, 0.15) is 20.7 Å². The fourth-order valence-electron chi connectivity index (χ4n) is 1.54. The van der Waals surface area contributed by atoms with Gasteiger partial charge in [-0.25, -0.2) is 18.1 Å². The molecule has 1 heterocycles. The first-order chi connectivity index (χ1) is 7.54. The van der Waals surface area contributed by atoms with E-state index in [2.05, 4.69) is 0 Å². The van der Waals surface area contributed by atoms with Gasteiger partial charge in [0.2, 0.25) is 6.30 Å². The van der Waals surface area contributed by atoms with E-state index in [0.29, 0.717) is 0 Å². The normalized spacial score (nSPS) is 16.9. The molecule has 1 atom stereocenters. The topological polar surface area (TPSA) is 37.4 Å². The summed E-state index contributed by atoms with van der Waals surface area (Å²) in [5.74, 6) is -2.04. The second-order valence-electron chi connectivity index (χ2n) is 3.23. The molecule has 0 radical (unpaired) electrons. The summed E-state index contributed by atoms with van der Waals surface area (Å²) in [6, 6.07) is 5.55. The number of imide groups is 1. The summed E-state index contributed by atoms with van der Waals surface area (Å²) < 4.78 is 37.3. The highest BCUT2D eigenvalue weighted by atomic mass is 19.3. The standard InChI is InChI=1S/C10H6F3NO2/c11-7(12)8(13)14-9(15)5-3-1-2-4-6(5)10(14)16/h1-4,7-8H. The van der Waals surface area contributed by atoms with E-state index in [-0.39, 0.29) is 16.0 Å². The number of fused-ring (bicyclic) bond motifs is 1. The van der Waals surface area contributed by atoms with Crippen LogP contribution in [-0.4, -0.2) is 29.4 Å². The van der Waals surface area contributed by atoms with Crippen molar-refractivity contribution in [2.45, 2.75) is 12.7 Å². The second-order valence-corrected chi connectivity index (χ2v) is 3.23. The van der Waals surface area contributed by atoms with Gasteiger partial charge in [-0.2, -0.15) is 0 Å². The van der Waals surface area contributed by atoms with Crippen LogP contribution >= 0.6 is 0 Å². The number of halogens is 3. The van der Waals surface area contributed by atoms with E-state index in [9.17, 15) is 22.8 Å². The molecule has 84 valence electrons. The van der Waals surface area contributed by atoms with Gasteiger partial charge in [0.1, 0.15) is 0 Å². The lowest BCUT2D eigenvalue weighted by Gasteiger charge is -2.17. The van der Waals surface area contributed by atoms with Crippen molar-refractivity contribution >= 4 is 11.8 Å². The van der Waals surface area contributed by atoms with Gasteiger partial charge in [-0.15, -0.1) is 0 Å². The van der Waals surface area contributed by atoms with E-state index in [4.69, 9.17) is 0 Å². The molecule has 0 saturated heterocycles. The molecule has 6 heteroatoms. The van der Waals surface area contributed by atoms with E-state index >= 15 is 0 Å². The quantitative estimate of drug-likeness (QED) is 0.573. The van der Waals surface area contributed by atoms with Gasteiger partial charge in [0, 0.05) is 0 Å². The minimum Gasteiger partial charge on any atom is -0.268 e. The summed E-state index contributed by atoms with van der Waals surface area (Å²) in [6.07, 6.45) is -6.30. The van der Waals surface area contributed by atoms with Gasteiger partial charge in [0.25, 0.3) is 18.2 Å². The Balaban J connectivity index is 2.43. The monoisotopic (exact) mass is 229 g/mol. The summed E-state index contributed by atoms with van der Waals surface area (Å²) in [6.45, 7) is 0. The summed E-state index contributed by atoms with van der Waals surface area (Å²) in [5, 5.41) is 0. The predicted molar refractivity (Wildman–Crippen MR) is 47.8 cm³/mol. The van der Waals surface area contributed by atoms with Crippen molar-refractivity contribution in [2.75, 3.05) is 0 Å². The molecule has 2 rings (SSSR count). The third-order valence-corrected chi connectivity index (χ3v) is 2.28. The van der Waals surface area contributed by atoms with Crippen molar-refractivity contribution in [3.63, 3.8) is 0 Å². The Kier molecular flexibility index (Phi) is 2.41. The van der Waals surface area contributed by atoms with Gasteiger partial charge in [-0.05, 0) is 12.1 Å². The van der Waals surface area contributed by atoms with Crippen LogP contribution in [0.15, 0.2) is 24.3 Å². The van der Waals surface area contributed by atoms with E-state index in [1.54, 1.807) is 0 Å². The van der Waals surface area contributed by atoms with Gasteiger partial charge in [-0.1, -0.05) is 12.1 Å². The highest BCUT2D eigenvalue weighted by molar-refractivity contribution is 6.21. The maximum absolute atomic E-state index is 13.0. The van der Waals surface area contributed by atoms with Crippen LogP contribution in [0.25, 0.3) is 0 Å². The third kappa shape index (κ3) is 1.37. The molecular formula is C10H6F3NO2. The average Bonchev–Trinajstić information content (AvgIpc) is 2.52. The maximum atomic E-state index is 13.0. The highest BCUT2D eigenvalue weighted by Crippen LogP contribution is 2.26. The number of hydrogen-bond acceptors (Lipinski definition) is 2. The zero-order valence-electron chi connectivity index (χ0n) is 7.86. The molecule has 0 aliphatic carbocycles. The smallest absolute Gasteiger partial charge is 0.268 e. The number of rotatable bonds is 2. The summed E-state index contributed by atoms with van der Waals surface area (Å²) in [5.41, 5.74) is -0.0911. The van der Waals surface area contributed by atoms with E-state index < -0.39 is 24.5 Å². The number of amides is 2. The molecule has 2 amide bonds. The first-order valence-electron chi connectivity index (χ1n) is 4.43. The van der Waals surface area contributed by atoms with E-state index in [1.807, 2.05) is 0 Å². The lowest BCUT2D eigenvalue weighted by Crippen LogP contribution is -2.41. The zero-order valence-corrected chi connectivity index (χ0v) is 7.86. The van der Waals surface area contributed by atoms with Crippen molar-refractivity contribution in [3.05, 3.63) is 35.4 Å². The zero-order chi connectivity index (χ0) is 11.9. The molecule has 0 fully saturated rings. The van der Waals surface area contributed by atoms with E-state index in [0.717, 1.165) is 0 Å². The van der Waals surface area contributed by atoms with Gasteiger partial charge in [0.05, 0.1) is 11.1 Å². The Bertz CT molecular complexity index is 426. The first-order valence-corrected chi connectivity index (χ1v) is 4.43. The number of hydrogen-bond donors (Lipinski definition) is 0. The average molecular weight is 229 g/mol. The van der Waals surface area contributed by atoms with Gasteiger partial charge < -0.3 is 0 Å². The van der Waals surface area contributed by atoms with Crippen LogP contribution in [0.3, 0.4) is 0 Å². The molecule has 0 N–H and O–H groups in total. The number of nitrogens with zero attached hydrogens (tertiary/aromatic N) is 1. The molecule has 1 aliphatic heterocycles. The van der Waals surface area contributed by atoms with Crippen LogP contribution in [-0.2, 0) is 0 Å². The SMILES string of the molecule is O=C1c2ccccc2C(=O)N1C(F)C(F)F. The molecular weight excluding hydrogens is 223 g/mol. The molecule has 0 aromatic heterocycles. The van der Waals surface area contributed by atoms with Crippen molar-refractivity contribution < 1.29 is 22.8 Å². The minimum atomic E-state index is -3.40. The van der Waals surface area contributed by atoms with Crippen LogP contribution in [0.4, 0.5) is 13.2 Å². The summed E-state index contributed by atoms with van der Waals surface area (Å²) in [4.78, 5) is 22.9. The summed E-state index contributed by atoms with van der Waals surface area (Å²) in [7, 11) is 0. The maximum Gasteiger partial charge on any atom is 0.288 e. The van der Waals surface area contributed by atoms with Crippen molar-refractivity contribution in [2.24, 2.45) is 0 Å². The summed E-state index contributed by atoms with van der Waals surface area (Å²) >= 11 is 0. The van der Waals surface area contributed by atoms with Crippen molar-refractivity contribution in [1.29, 1.82) is 0 Å². The third-order valence-electron chi connectivity index (χ3n) is 2.28. The Hall–Kier alpha value is -1.85. The fraction of sp³-hybridized carbons (Fsp3) is 0.200. The predicted octanol–water partition coefficient (Wildman–Crippen LogP) is 1.84. The molecule has 0 spiro atoms. The van der Waals surface area contributed by atoms with Crippen LogP contribution < -0.4 is 0 Å². The second kappa shape index (κ2) is 3.62. The number of benzene rings is 1. The molecule has 1 unspecified atom stereocenters. The molecule has 1 aliphatic rings. The van der Waals surface area contributed by atoms with Gasteiger partial charge in [-0.3, -0.25) is 9.59 Å². The Labute approximate surface area is 88.5 Å². The molecule has 16 heavy (non-hydrogen) atoms. The largest absolute Gasteiger partial charge is 0.288 e. The van der Waals surface area contributed by atoms with Gasteiger partial charge in [0.15, 0.2) is 0 Å². The molecule has 1 aromatic rings. The van der Waals surface area contributed by atoms with Gasteiger partial charge >= 0.3 is 0 Å². The lowest BCUT2D eigenvalue weighted by atomic mass is 10.1. The lowest BCUT2D eigenvalue weighted by molar-refractivity contribution is -0.0260. The Morgan fingerprint density at radius 2 is 1.38 bits per heavy atom. The van der Waals surface area contributed by atoms with Crippen LogP contribution in [0, 0.1) is 0 Å². The molecule has 0 bridgehead atoms. The molecule has 1 aromatic carbocycles. The first kappa shape index (κ1) is 10.7. The minimum absolute atomic E-state index is 0.0456. The Morgan fingerprint density at radius 1 is 0.938 bits per heavy atom. The van der Waals surface area contributed by atoms with Crippen molar-refractivity contribution in [1.82, 2.24) is 4.90 Å².